The first kappa shape index (κ1) is 29.2. The number of anilines is 2. The molecule has 3 fully saturated rings. The number of aromatic nitrogens is 3. The summed E-state index contributed by atoms with van der Waals surface area (Å²) in [6.07, 6.45) is 7.17. The van der Waals surface area contributed by atoms with Crippen molar-refractivity contribution in [3.63, 3.8) is 0 Å². The Kier molecular flexibility index (Phi) is 7.58. The zero-order valence-corrected chi connectivity index (χ0v) is 26.2. The number of nitrogen functional groups attached to an aromatic ring is 1. The highest BCUT2D eigenvalue weighted by Crippen LogP contribution is 2.52. The van der Waals surface area contributed by atoms with Crippen LogP contribution in [0.5, 0.6) is 6.01 Å². The van der Waals surface area contributed by atoms with Crippen LogP contribution in [0, 0.1) is 11.2 Å². The Bertz CT molecular complexity index is 1780. The summed E-state index contributed by atoms with van der Waals surface area (Å²) in [6, 6.07) is 7.73. The number of amides is 1. The van der Waals surface area contributed by atoms with Crippen molar-refractivity contribution in [3.8, 4) is 17.1 Å². The van der Waals surface area contributed by atoms with Gasteiger partial charge in [-0.05, 0) is 75.7 Å². The van der Waals surface area contributed by atoms with Crippen molar-refractivity contribution in [2.24, 2.45) is 5.41 Å². The minimum absolute atomic E-state index is 0.0210. The predicted octanol–water partition coefficient (Wildman–Crippen LogP) is 5.81. The second-order valence-corrected chi connectivity index (χ2v) is 13.9. The van der Waals surface area contributed by atoms with E-state index in [0.717, 1.165) is 56.3 Å². The van der Waals surface area contributed by atoms with Crippen molar-refractivity contribution in [2.45, 2.75) is 50.6 Å². The Morgan fingerprint density at radius 2 is 2.11 bits per heavy atom. The lowest BCUT2D eigenvalue weighted by molar-refractivity contribution is -0.117. The number of halogens is 2. The minimum atomic E-state index is -0.551. The van der Waals surface area contributed by atoms with Gasteiger partial charge in [0.2, 0.25) is 5.91 Å². The normalized spacial score (nSPS) is 21.6. The summed E-state index contributed by atoms with van der Waals surface area (Å²) in [5.41, 5.74) is 7.60. The molecule has 1 spiro atoms. The van der Waals surface area contributed by atoms with E-state index in [9.17, 15) is 4.79 Å². The van der Waals surface area contributed by atoms with Crippen LogP contribution in [0.3, 0.4) is 0 Å². The Labute approximate surface area is 264 Å². The van der Waals surface area contributed by atoms with Crippen molar-refractivity contribution in [2.75, 3.05) is 43.9 Å². The summed E-state index contributed by atoms with van der Waals surface area (Å²) >= 11 is 8.24. The van der Waals surface area contributed by atoms with Gasteiger partial charge >= 0.3 is 6.01 Å². The van der Waals surface area contributed by atoms with Gasteiger partial charge in [-0.25, -0.2) is 9.37 Å². The largest absolute Gasteiger partial charge is 0.462 e. The molecule has 0 radical (unpaired) electrons. The van der Waals surface area contributed by atoms with Crippen LogP contribution >= 0.6 is 22.9 Å². The molecule has 2 aromatic heterocycles. The zero-order valence-electron chi connectivity index (χ0n) is 24.6. The Balaban J connectivity index is 1.33. The molecule has 4 aromatic rings. The van der Waals surface area contributed by atoms with Gasteiger partial charge in [0, 0.05) is 41.7 Å². The first-order chi connectivity index (χ1) is 21.2. The van der Waals surface area contributed by atoms with E-state index in [-0.39, 0.29) is 45.5 Å². The average Bonchev–Trinajstić information content (AvgIpc) is 3.51. The molecule has 7 rings (SSSR count). The monoisotopic (exact) mass is 635 g/mol. The molecule has 1 saturated carbocycles. The average molecular weight is 636 g/mol. The highest BCUT2D eigenvalue weighted by Gasteiger charge is 2.47. The highest BCUT2D eigenvalue weighted by molar-refractivity contribution is 7.22. The van der Waals surface area contributed by atoms with Gasteiger partial charge in [-0.2, -0.15) is 9.97 Å². The van der Waals surface area contributed by atoms with Crippen LogP contribution in [0.25, 0.3) is 32.2 Å². The molecular weight excluding hydrogens is 601 g/mol. The van der Waals surface area contributed by atoms with E-state index in [1.807, 2.05) is 12.1 Å². The van der Waals surface area contributed by atoms with E-state index < -0.39 is 5.82 Å². The zero-order chi connectivity index (χ0) is 30.6. The number of nitrogens with one attached hydrogen (secondary N) is 1. The summed E-state index contributed by atoms with van der Waals surface area (Å²) in [6.45, 7) is 6.40. The number of ether oxygens (including phenoxy) is 1. The lowest BCUT2D eigenvalue weighted by atomic mass is 9.96. The van der Waals surface area contributed by atoms with E-state index in [2.05, 4.69) is 38.7 Å². The standard InChI is InChI=1S/C32H35ClFN7O2S/c1-3-24(42)36-18-9-13-41(17-32(15-18)10-11-32)29-21-14-22(33)25(20-7-4-8-23-27(20)37-30(35)44-23)26(34)28(21)38-31(39-29)43-16-19-6-5-12-40(19)2/h3-4,7-8,14,18-19H,1,5-6,9-13,15-17H2,2H3,(H2,35,37)(H,36,42)/t18?,19-/m0/s1. The number of carbonyl (C=O) groups is 1. The maximum Gasteiger partial charge on any atom is 0.319 e. The van der Waals surface area contributed by atoms with E-state index >= 15 is 4.39 Å². The predicted molar refractivity (Wildman–Crippen MR) is 174 cm³/mol. The maximum absolute atomic E-state index is 16.8. The van der Waals surface area contributed by atoms with Crippen LogP contribution in [0.2, 0.25) is 5.02 Å². The third-order valence-corrected chi connectivity index (χ3v) is 10.5. The van der Waals surface area contributed by atoms with Crippen molar-refractivity contribution in [1.29, 1.82) is 0 Å². The molecule has 1 unspecified atom stereocenters. The minimum Gasteiger partial charge on any atom is -0.462 e. The highest BCUT2D eigenvalue weighted by atomic mass is 35.5. The number of benzene rings is 2. The van der Waals surface area contributed by atoms with E-state index in [4.69, 9.17) is 27.1 Å². The summed E-state index contributed by atoms with van der Waals surface area (Å²) in [7, 11) is 2.08. The second kappa shape index (κ2) is 11.4. The second-order valence-electron chi connectivity index (χ2n) is 12.4. The number of carbonyl (C=O) groups excluding carboxylic acids is 1. The van der Waals surface area contributed by atoms with Gasteiger partial charge in [-0.1, -0.05) is 41.6 Å². The Hall–Kier alpha value is -3.54. The van der Waals surface area contributed by atoms with E-state index in [1.165, 1.54) is 17.4 Å². The Morgan fingerprint density at radius 3 is 2.86 bits per heavy atom. The molecule has 2 aliphatic heterocycles. The van der Waals surface area contributed by atoms with E-state index in [1.54, 1.807) is 12.1 Å². The molecule has 0 bridgehead atoms. The molecular formula is C32H35ClFN7O2S. The molecule has 2 atom stereocenters. The quantitative estimate of drug-likeness (QED) is 0.245. The number of para-hydroxylation sites is 1. The van der Waals surface area contributed by atoms with E-state index in [0.29, 0.717) is 40.6 Å². The van der Waals surface area contributed by atoms with Crippen molar-refractivity contribution in [1.82, 2.24) is 25.2 Å². The summed E-state index contributed by atoms with van der Waals surface area (Å²) < 4.78 is 23.9. The summed E-state index contributed by atoms with van der Waals surface area (Å²) in [5, 5.41) is 4.27. The number of nitrogens with two attached hydrogens (primary N) is 1. The molecule has 3 N–H and O–H groups in total. The molecule has 2 aromatic carbocycles. The molecule has 1 aliphatic carbocycles. The van der Waals surface area contributed by atoms with Crippen LogP contribution in [-0.2, 0) is 4.79 Å². The van der Waals surface area contributed by atoms with Gasteiger partial charge in [-0.15, -0.1) is 0 Å². The maximum atomic E-state index is 16.8. The fourth-order valence-corrected chi connectivity index (χ4v) is 7.88. The molecule has 1 amide bonds. The molecule has 230 valence electrons. The number of likely N-dealkylation sites (N-methyl/N-ethyl adjacent to an activating group) is 1. The number of thiazole rings is 1. The summed E-state index contributed by atoms with van der Waals surface area (Å²) in [5.74, 6) is -0.127. The number of hydrogen-bond donors (Lipinski definition) is 2. The number of nitrogens with zero attached hydrogens (tertiary/aromatic N) is 5. The topological polar surface area (TPSA) is 110 Å². The van der Waals surface area contributed by atoms with Gasteiger partial charge < -0.3 is 25.6 Å². The first-order valence-electron chi connectivity index (χ1n) is 15.1. The molecule has 3 aliphatic rings. The Morgan fingerprint density at radius 1 is 1.27 bits per heavy atom. The molecule has 9 nitrogen and oxygen atoms in total. The summed E-state index contributed by atoms with van der Waals surface area (Å²) in [4.78, 5) is 30.6. The van der Waals surface area contributed by atoms with Crippen molar-refractivity contribution < 1.29 is 13.9 Å². The smallest absolute Gasteiger partial charge is 0.319 e. The van der Waals surface area contributed by atoms with Crippen molar-refractivity contribution >= 4 is 60.9 Å². The number of hydrogen-bond acceptors (Lipinski definition) is 9. The van der Waals surface area contributed by atoms with Gasteiger partial charge in [0.15, 0.2) is 10.9 Å². The third kappa shape index (κ3) is 5.46. The van der Waals surface area contributed by atoms with Crippen LogP contribution < -0.4 is 20.7 Å². The van der Waals surface area contributed by atoms with Gasteiger partial charge in [0.1, 0.15) is 17.9 Å². The molecule has 2 saturated heterocycles. The van der Waals surface area contributed by atoms with Gasteiger partial charge in [0.05, 0.1) is 15.2 Å². The SMILES string of the molecule is C=CC(=O)NC1CCN(c2nc(OC[C@@H]3CCCN3C)nc3c(F)c(-c4cccc5sc(N)nc45)c(Cl)cc23)CC2(CC2)C1. The fourth-order valence-electron chi connectivity index (χ4n) is 6.83. The third-order valence-electron chi connectivity index (χ3n) is 9.37. The van der Waals surface area contributed by atoms with Crippen LogP contribution in [0.1, 0.15) is 38.5 Å². The van der Waals surface area contributed by atoms with Crippen molar-refractivity contribution in [3.05, 3.63) is 47.8 Å². The molecule has 4 heterocycles. The number of fused-ring (bicyclic) bond motifs is 2. The lowest BCUT2D eigenvalue weighted by Crippen LogP contribution is -2.35. The number of likely N-dealkylation sites (tertiary alicyclic amines) is 1. The first-order valence-corrected chi connectivity index (χ1v) is 16.3. The molecule has 44 heavy (non-hydrogen) atoms. The fraction of sp³-hybridized carbons (Fsp3) is 0.438. The van der Waals surface area contributed by atoms with Crippen LogP contribution in [-0.4, -0.2) is 71.1 Å². The lowest BCUT2D eigenvalue weighted by Gasteiger charge is -2.27. The van der Waals surface area contributed by atoms with Crippen LogP contribution in [0.4, 0.5) is 15.3 Å². The molecule has 12 heteroatoms. The number of rotatable bonds is 7. The van der Waals surface area contributed by atoms with Gasteiger partial charge in [-0.3, -0.25) is 4.79 Å². The van der Waals surface area contributed by atoms with Gasteiger partial charge in [0.25, 0.3) is 0 Å². The van der Waals surface area contributed by atoms with Crippen LogP contribution in [0.15, 0.2) is 36.9 Å².